The number of hydrogen-bond donors (Lipinski definition) is 1. The normalized spacial score (nSPS) is 16.1. The standard InChI is InChI=1S/C27H28F2N2O3/c1-3-22(28)13-14-24(30)27(26(33)34-4-2)15-17-31(18-16-27)25(32)21-7-5-19(6-8-21)20-9-11-23(29)12-10-20/h3,5-14H,1,4,15-18,30H2,2H3/b22-13+,24-14-. The van der Waals surface area contributed by atoms with Gasteiger partial charge in [0.15, 0.2) is 0 Å². The molecule has 3 rings (SSSR count). The third kappa shape index (κ3) is 5.42. The molecule has 0 saturated carbocycles. The lowest BCUT2D eigenvalue weighted by Crippen LogP contribution is -2.49. The lowest BCUT2D eigenvalue weighted by Gasteiger charge is -2.40. The molecule has 2 aromatic carbocycles. The van der Waals surface area contributed by atoms with Crippen molar-refractivity contribution in [1.82, 2.24) is 4.90 Å². The van der Waals surface area contributed by atoms with Crippen LogP contribution in [0.5, 0.6) is 0 Å². The van der Waals surface area contributed by atoms with E-state index >= 15 is 0 Å². The monoisotopic (exact) mass is 466 g/mol. The van der Waals surface area contributed by atoms with Crippen molar-refractivity contribution in [2.45, 2.75) is 19.8 Å². The van der Waals surface area contributed by atoms with Gasteiger partial charge in [-0.2, -0.15) is 0 Å². The summed E-state index contributed by atoms with van der Waals surface area (Å²) in [6.07, 6.45) is 4.08. The number of allylic oxidation sites excluding steroid dienone is 4. The molecule has 0 aromatic heterocycles. The number of amides is 1. The van der Waals surface area contributed by atoms with Crippen molar-refractivity contribution in [2.24, 2.45) is 11.1 Å². The third-order valence-electron chi connectivity index (χ3n) is 6.05. The number of likely N-dealkylation sites (tertiary alicyclic amines) is 1. The molecule has 0 bridgehead atoms. The molecule has 1 heterocycles. The van der Waals surface area contributed by atoms with E-state index in [1.807, 2.05) is 12.1 Å². The molecule has 1 fully saturated rings. The highest BCUT2D eigenvalue weighted by molar-refractivity contribution is 5.95. The minimum Gasteiger partial charge on any atom is -0.465 e. The first-order valence-electron chi connectivity index (χ1n) is 11.1. The summed E-state index contributed by atoms with van der Waals surface area (Å²) in [6, 6.07) is 13.2. The van der Waals surface area contributed by atoms with E-state index in [4.69, 9.17) is 10.5 Å². The molecule has 0 radical (unpaired) electrons. The lowest BCUT2D eigenvalue weighted by molar-refractivity contribution is -0.155. The Balaban J connectivity index is 1.75. The van der Waals surface area contributed by atoms with E-state index in [9.17, 15) is 18.4 Å². The van der Waals surface area contributed by atoms with Crippen molar-refractivity contribution in [2.75, 3.05) is 19.7 Å². The van der Waals surface area contributed by atoms with Gasteiger partial charge in [0.25, 0.3) is 5.91 Å². The van der Waals surface area contributed by atoms with Gasteiger partial charge in [0.2, 0.25) is 0 Å². The Morgan fingerprint density at radius 1 is 1.06 bits per heavy atom. The van der Waals surface area contributed by atoms with Crippen molar-refractivity contribution in [3.63, 3.8) is 0 Å². The van der Waals surface area contributed by atoms with Crippen LogP contribution in [-0.4, -0.2) is 36.5 Å². The van der Waals surface area contributed by atoms with Gasteiger partial charge < -0.3 is 15.4 Å². The highest BCUT2D eigenvalue weighted by Crippen LogP contribution is 2.38. The SMILES string of the molecule is C=C/C(F)=C\C=C(/N)C1(C(=O)OCC)CCN(C(=O)c2ccc(-c3ccc(F)cc3)cc2)CC1. The average Bonchev–Trinajstić information content (AvgIpc) is 2.87. The van der Waals surface area contributed by atoms with Gasteiger partial charge in [0, 0.05) is 24.4 Å². The Bertz CT molecular complexity index is 1100. The van der Waals surface area contributed by atoms with Gasteiger partial charge in [-0.25, -0.2) is 8.78 Å². The fourth-order valence-corrected chi connectivity index (χ4v) is 4.00. The van der Waals surface area contributed by atoms with Gasteiger partial charge in [-0.1, -0.05) is 30.8 Å². The summed E-state index contributed by atoms with van der Waals surface area (Å²) in [5.74, 6) is -1.52. The molecule has 0 spiro atoms. The molecule has 1 aliphatic rings. The van der Waals surface area contributed by atoms with E-state index in [0.29, 0.717) is 18.7 Å². The van der Waals surface area contributed by atoms with Crippen molar-refractivity contribution in [3.8, 4) is 11.1 Å². The highest BCUT2D eigenvalue weighted by atomic mass is 19.1. The molecule has 7 heteroatoms. The van der Waals surface area contributed by atoms with E-state index in [1.165, 1.54) is 18.2 Å². The Morgan fingerprint density at radius 2 is 1.62 bits per heavy atom. The first-order valence-corrected chi connectivity index (χ1v) is 11.1. The maximum absolute atomic E-state index is 13.5. The molecule has 1 amide bonds. The van der Waals surface area contributed by atoms with Crippen molar-refractivity contribution < 1.29 is 23.1 Å². The zero-order chi connectivity index (χ0) is 24.7. The maximum atomic E-state index is 13.5. The molecular weight excluding hydrogens is 438 g/mol. The molecule has 5 nitrogen and oxygen atoms in total. The molecule has 0 atom stereocenters. The van der Waals surface area contributed by atoms with Crippen molar-refractivity contribution in [3.05, 3.63) is 96.2 Å². The smallest absolute Gasteiger partial charge is 0.318 e. The van der Waals surface area contributed by atoms with Crippen LogP contribution >= 0.6 is 0 Å². The molecule has 2 aromatic rings. The van der Waals surface area contributed by atoms with Gasteiger partial charge in [-0.15, -0.1) is 0 Å². The minimum absolute atomic E-state index is 0.164. The van der Waals surface area contributed by atoms with Crippen LogP contribution < -0.4 is 5.73 Å². The predicted molar refractivity (Wildman–Crippen MR) is 128 cm³/mol. The number of piperidine rings is 1. The highest BCUT2D eigenvalue weighted by Gasteiger charge is 2.45. The third-order valence-corrected chi connectivity index (χ3v) is 6.05. The van der Waals surface area contributed by atoms with Gasteiger partial charge in [-0.3, -0.25) is 9.59 Å². The number of nitrogens with zero attached hydrogens (tertiary/aromatic N) is 1. The maximum Gasteiger partial charge on any atom is 0.318 e. The zero-order valence-corrected chi connectivity index (χ0v) is 19.1. The minimum atomic E-state index is -1.13. The van der Waals surface area contributed by atoms with Crippen LogP contribution in [0.2, 0.25) is 0 Å². The molecule has 34 heavy (non-hydrogen) atoms. The van der Waals surface area contributed by atoms with E-state index in [0.717, 1.165) is 23.3 Å². The fourth-order valence-electron chi connectivity index (χ4n) is 4.00. The number of benzene rings is 2. The second-order valence-corrected chi connectivity index (χ2v) is 8.06. The van der Waals surface area contributed by atoms with Gasteiger partial charge in [-0.05, 0) is 73.4 Å². The number of rotatable bonds is 7. The van der Waals surface area contributed by atoms with Crippen LogP contribution in [-0.2, 0) is 9.53 Å². The largest absolute Gasteiger partial charge is 0.465 e. The van der Waals surface area contributed by atoms with Gasteiger partial charge in [0.1, 0.15) is 17.1 Å². The number of nitrogens with two attached hydrogens (primary N) is 1. The molecule has 0 unspecified atom stereocenters. The molecule has 0 aliphatic carbocycles. The number of halogens is 2. The summed E-state index contributed by atoms with van der Waals surface area (Å²) in [5, 5.41) is 0. The Labute approximate surface area is 198 Å². The quantitative estimate of drug-likeness (QED) is 0.452. The van der Waals surface area contributed by atoms with Crippen molar-refractivity contribution in [1.29, 1.82) is 0 Å². The second-order valence-electron chi connectivity index (χ2n) is 8.06. The number of hydrogen-bond acceptors (Lipinski definition) is 4. The topological polar surface area (TPSA) is 72.6 Å². The Hall–Kier alpha value is -3.74. The first-order chi connectivity index (χ1) is 16.3. The van der Waals surface area contributed by atoms with E-state index in [2.05, 4.69) is 6.58 Å². The number of esters is 1. The number of ether oxygens (including phenoxy) is 1. The van der Waals surface area contributed by atoms with Crippen LogP contribution in [0.25, 0.3) is 11.1 Å². The molecule has 2 N–H and O–H groups in total. The number of carbonyl (C=O) groups excluding carboxylic acids is 2. The summed E-state index contributed by atoms with van der Waals surface area (Å²) in [4.78, 5) is 27.5. The fraction of sp³-hybridized carbons (Fsp3) is 0.259. The summed E-state index contributed by atoms with van der Waals surface area (Å²) >= 11 is 0. The van der Waals surface area contributed by atoms with E-state index in [-0.39, 0.29) is 36.9 Å². The van der Waals surface area contributed by atoms with Crippen LogP contribution in [0.15, 0.2) is 84.9 Å². The molecule has 1 saturated heterocycles. The molecule has 1 aliphatic heterocycles. The lowest BCUT2D eigenvalue weighted by atomic mass is 9.75. The van der Waals surface area contributed by atoms with Crippen molar-refractivity contribution >= 4 is 11.9 Å². The second kappa shape index (κ2) is 10.9. The average molecular weight is 467 g/mol. The van der Waals surface area contributed by atoms with Gasteiger partial charge >= 0.3 is 5.97 Å². The summed E-state index contributed by atoms with van der Waals surface area (Å²) in [7, 11) is 0. The van der Waals surface area contributed by atoms with Crippen LogP contribution in [0, 0.1) is 11.2 Å². The first kappa shape index (κ1) is 24.9. The predicted octanol–water partition coefficient (Wildman–Crippen LogP) is 5.16. The molecular formula is C27H28F2N2O3. The van der Waals surface area contributed by atoms with Crippen LogP contribution in [0.4, 0.5) is 8.78 Å². The Morgan fingerprint density at radius 3 is 2.15 bits per heavy atom. The summed E-state index contributed by atoms with van der Waals surface area (Å²) < 4.78 is 31.9. The zero-order valence-electron chi connectivity index (χ0n) is 19.1. The van der Waals surface area contributed by atoms with E-state index < -0.39 is 17.2 Å². The van der Waals surface area contributed by atoms with Crippen LogP contribution in [0.3, 0.4) is 0 Å². The van der Waals surface area contributed by atoms with Gasteiger partial charge in [0.05, 0.1) is 6.61 Å². The van der Waals surface area contributed by atoms with E-state index in [1.54, 1.807) is 36.1 Å². The van der Waals surface area contributed by atoms with Crippen LogP contribution in [0.1, 0.15) is 30.1 Å². The Kier molecular flexibility index (Phi) is 7.99. The molecule has 178 valence electrons. The summed E-state index contributed by atoms with van der Waals surface area (Å²) in [6.45, 7) is 5.83. The number of carbonyl (C=O) groups is 2. The summed E-state index contributed by atoms with van der Waals surface area (Å²) in [5.41, 5.74) is 7.51.